The molecule has 0 aromatic heterocycles. The third-order valence-corrected chi connectivity index (χ3v) is 4.24. The minimum Gasteiger partial charge on any atom is -0.462 e. The number of hydrogen-bond acceptors (Lipinski definition) is 4. The summed E-state index contributed by atoms with van der Waals surface area (Å²) < 4.78 is 10.4. The molecule has 0 saturated heterocycles. The summed E-state index contributed by atoms with van der Waals surface area (Å²) in [5.41, 5.74) is 2.41. The third-order valence-electron chi connectivity index (χ3n) is 4.24. The molecule has 4 heteroatoms. The average molecular weight is 352 g/mol. The molecular formula is C22H24O4. The topological polar surface area (TPSA) is 52.6 Å². The number of carbonyl (C=O) groups excluding carboxylic acids is 2. The fourth-order valence-corrected chi connectivity index (χ4v) is 2.12. The SMILES string of the molecule is C=CC(=O)Oc1ccc(-c2ccc(C(=O)OCC(C)(C)CC)cc2)cc1. The maximum atomic E-state index is 12.2. The number of esters is 2. The van der Waals surface area contributed by atoms with E-state index < -0.39 is 5.97 Å². The predicted molar refractivity (Wildman–Crippen MR) is 102 cm³/mol. The highest BCUT2D eigenvalue weighted by Crippen LogP contribution is 2.24. The van der Waals surface area contributed by atoms with Gasteiger partial charge in [-0.15, -0.1) is 0 Å². The number of carbonyl (C=O) groups is 2. The summed E-state index contributed by atoms with van der Waals surface area (Å²) in [6, 6.07) is 14.4. The van der Waals surface area contributed by atoms with Crippen molar-refractivity contribution >= 4 is 11.9 Å². The van der Waals surface area contributed by atoms with Crippen molar-refractivity contribution in [3.8, 4) is 16.9 Å². The summed E-state index contributed by atoms with van der Waals surface area (Å²) in [5, 5.41) is 0. The number of benzene rings is 2. The Morgan fingerprint density at radius 3 is 2.04 bits per heavy atom. The lowest BCUT2D eigenvalue weighted by Crippen LogP contribution is -2.21. The largest absolute Gasteiger partial charge is 0.462 e. The van der Waals surface area contributed by atoms with Crippen molar-refractivity contribution in [1.82, 2.24) is 0 Å². The summed E-state index contributed by atoms with van der Waals surface area (Å²) in [4.78, 5) is 23.3. The number of ether oxygens (including phenoxy) is 2. The molecule has 4 nitrogen and oxygen atoms in total. The van der Waals surface area contributed by atoms with Gasteiger partial charge in [-0.25, -0.2) is 9.59 Å². The molecule has 2 aromatic rings. The zero-order chi connectivity index (χ0) is 19.2. The fraction of sp³-hybridized carbons (Fsp3) is 0.273. The molecule has 0 atom stereocenters. The van der Waals surface area contributed by atoms with Crippen LogP contribution in [0.2, 0.25) is 0 Å². The van der Waals surface area contributed by atoms with E-state index in [9.17, 15) is 9.59 Å². The van der Waals surface area contributed by atoms with Crippen LogP contribution in [0, 0.1) is 5.41 Å². The van der Waals surface area contributed by atoms with Crippen molar-refractivity contribution < 1.29 is 19.1 Å². The van der Waals surface area contributed by atoms with Gasteiger partial charge >= 0.3 is 11.9 Å². The van der Waals surface area contributed by atoms with E-state index in [1.165, 1.54) is 0 Å². The van der Waals surface area contributed by atoms with Gasteiger partial charge in [-0.1, -0.05) is 51.6 Å². The molecule has 0 bridgehead atoms. The van der Waals surface area contributed by atoms with Gasteiger partial charge in [-0.2, -0.15) is 0 Å². The molecular weight excluding hydrogens is 328 g/mol. The second-order valence-corrected chi connectivity index (χ2v) is 6.82. The highest BCUT2D eigenvalue weighted by atomic mass is 16.5. The van der Waals surface area contributed by atoms with Crippen molar-refractivity contribution in [1.29, 1.82) is 0 Å². The lowest BCUT2D eigenvalue weighted by molar-refractivity contribution is -0.128. The molecule has 0 fully saturated rings. The molecule has 26 heavy (non-hydrogen) atoms. The van der Waals surface area contributed by atoms with Crippen molar-refractivity contribution in [3.05, 3.63) is 66.7 Å². The molecule has 0 N–H and O–H groups in total. The first kappa shape index (κ1) is 19.4. The van der Waals surface area contributed by atoms with Gasteiger partial charge in [0.2, 0.25) is 0 Å². The van der Waals surface area contributed by atoms with Crippen LogP contribution in [-0.4, -0.2) is 18.5 Å². The smallest absolute Gasteiger partial charge is 0.338 e. The summed E-state index contributed by atoms with van der Waals surface area (Å²) in [6.45, 7) is 9.97. The van der Waals surface area contributed by atoms with Crippen LogP contribution in [0.25, 0.3) is 11.1 Å². The van der Waals surface area contributed by atoms with Crippen LogP contribution in [0.1, 0.15) is 37.6 Å². The van der Waals surface area contributed by atoms with Gasteiger partial charge < -0.3 is 9.47 Å². The van der Waals surface area contributed by atoms with Crippen LogP contribution in [-0.2, 0) is 9.53 Å². The Kier molecular flexibility index (Phi) is 6.34. The van der Waals surface area contributed by atoms with Gasteiger partial charge in [0.05, 0.1) is 12.2 Å². The second kappa shape index (κ2) is 8.48. The highest BCUT2D eigenvalue weighted by molar-refractivity contribution is 5.90. The van der Waals surface area contributed by atoms with E-state index in [2.05, 4.69) is 27.4 Å². The molecule has 0 spiro atoms. The molecule has 0 aliphatic rings. The first-order valence-electron chi connectivity index (χ1n) is 8.56. The van der Waals surface area contributed by atoms with Gasteiger partial charge in [-0.05, 0) is 47.2 Å². The Morgan fingerprint density at radius 2 is 1.54 bits per heavy atom. The molecule has 0 aliphatic heterocycles. The van der Waals surface area contributed by atoms with Crippen molar-refractivity contribution in [2.24, 2.45) is 5.41 Å². The van der Waals surface area contributed by atoms with Crippen LogP contribution >= 0.6 is 0 Å². The first-order chi connectivity index (χ1) is 12.3. The summed E-state index contributed by atoms with van der Waals surface area (Å²) >= 11 is 0. The summed E-state index contributed by atoms with van der Waals surface area (Å²) in [7, 11) is 0. The average Bonchev–Trinajstić information content (AvgIpc) is 2.67. The summed E-state index contributed by atoms with van der Waals surface area (Å²) in [6.07, 6.45) is 2.06. The standard InChI is InChI=1S/C22H24O4/c1-5-20(23)26-19-13-11-17(12-14-19)16-7-9-18(10-8-16)21(24)25-15-22(3,4)6-2/h5,7-14H,1,6,15H2,2-4H3. The van der Waals surface area contributed by atoms with Crippen LogP contribution in [0.15, 0.2) is 61.2 Å². The lowest BCUT2D eigenvalue weighted by Gasteiger charge is -2.21. The third kappa shape index (κ3) is 5.31. The van der Waals surface area contributed by atoms with E-state index in [1.54, 1.807) is 24.3 Å². The highest BCUT2D eigenvalue weighted by Gasteiger charge is 2.18. The normalized spacial score (nSPS) is 10.9. The molecule has 136 valence electrons. The first-order valence-corrected chi connectivity index (χ1v) is 8.56. The molecule has 0 radical (unpaired) electrons. The molecule has 0 amide bonds. The van der Waals surface area contributed by atoms with E-state index in [0.29, 0.717) is 17.9 Å². The van der Waals surface area contributed by atoms with Gasteiger partial charge in [0, 0.05) is 6.08 Å². The van der Waals surface area contributed by atoms with Gasteiger partial charge in [0.25, 0.3) is 0 Å². The Balaban J connectivity index is 2.03. The minimum atomic E-state index is -0.494. The Hall–Kier alpha value is -2.88. The van der Waals surface area contributed by atoms with Crippen molar-refractivity contribution in [3.63, 3.8) is 0 Å². The number of hydrogen-bond donors (Lipinski definition) is 0. The molecule has 0 saturated carbocycles. The maximum Gasteiger partial charge on any atom is 0.338 e. The van der Waals surface area contributed by atoms with E-state index in [0.717, 1.165) is 23.6 Å². The van der Waals surface area contributed by atoms with Gasteiger partial charge in [-0.3, -0.25) is 0 Å². The predicted octanol–water partition coefficient (Wildman–Crippen LogP) is 5.04. The monoisotopic (exact) mass is 352 g/mol. The van der Waals surface area contributed by atoms with Gasteiger partial charge in [0.1, 0.15) is 5.75 Å². The quantitative estimate of drug-likeness (QED) is 0.398. The van der Waals surface area contributed by atoms with Crippen LogP contribution in [0.5, 0.6) is 5.75 Å². The summed E-state index contributed by atoms with van der Waals surface area (Å²) in [5.74, 6) is -0.353. The minimum absolute atomic E-state index is 0.0214. The maximum absolute atomic E-state index is 12.2. The molecule has 0 aliphatic carbocycles. The zero-order valence-corrected chi connectivity index (χ0v) is 15.5. The zero-order valence-electron chi connectivity index (χ0n) is 15.5. The van der Waals surface area contributed by atoms with Crippen LogP contribution in [0.3, 0.4) is 0 Å². The molecule has 0 unspecified atom stereocenters. The second-order valence-electron chi connectivity index (χ2n) is 6.82. The van der Waals surface area contributed by atoms with Gasteiger partial charge in [0.15, 0.2) is 0 Å². The van der Waals surface area contributed by atoms with Crippen molar-refractivity contribution in [2.45, 2.75) is 27.2 Å². The fourth-order valence-electron chi connectivity index (χ4n) is 2.12. The van der Waals surface area contributed by atoms with Crippen LogP contribution in [0.4, 0.5) is 0 Å². The number of rotatable bonds is 7. The molecule has 2 rings (SSSR count). The van der Waals surface area contributed by atoms with E-state index >= 15 is 0 Å². The van der Waals surface area contributed by atoms with E-state index in [1.807, 2.05) is 24.3 Å². The lowest BCUT2D eigenvalue weighted by atomic mass is 9.92. The van der Waals surface area contributed by atoms with Crippen molar-refractivity contribution in [2.75, 3.05) is 6.61 Å². The van der Waals surface area contributed by atoms with E-state index in [-0.39, 0.29) is 11.4 Å². The Morgan fingerprint density at radius 1 is 1.00 bits per heavy atom. The molecule has 2 aromatic carbocycles. The Labute approximate surface area is 154 Å². The Bertz CT molecular complexity index is 771. The molecule has 0 heterocycles. The van der Waals surface area contributed by atoms with Crippen LogP contribution < -0.4 is 4.74 Å². The van der Waals surface area contributed by atoms with E-state index in [4.69, 9.17) is 9.47 Å².